The zero-order valence-corrected chi connectivity index (χ0v) is 12.1. The van der Waals surface area contributed by atoms with Crippen LogP contribution in [0.25, 0.3) is 0 Å². The Morgan fingerprint density at radius 3 is 2.78 bits per heavy atom. The topological polar surface area (TPSA) is 55.1 Å². The minimum absolute atomic E-state index is 0.197. The summed E-state index contributed by atoms with van der Waals surface area (Å²) in [5, 5.41) is 3.32. The molecule has 0 spiro atoms. The van der Waals surface area contributed by atoms with Crippen LogP contribution in [0.4, 0.5) is 5.69 Å². The third kappa shape index (κ3) is 3.68. The SMILES string of the molecule is CCCC(C(=O)Nc1cccc(C)c1Cl)C(N)=S. The van der Waals surface area contributed by atoms with Gasteiger partial charge in [-0.15, -0.1) is 0 Å². The first kappa shape index (κ1) is 14.9. The Morgan fingerprint density at radius 1 is 1.56 bits per heavy atom. The van der Waals surface area contributed by atoms with Crippen LogP contribution in [-0.4, -0.2) is 10.9 Å². The van der Waals surface area contributed by atoms with Crippen molar-refractivity contribution in [1.29, 1.82) is 0 Å². The van der Waals surface area contributed by atoms with Gasteiger partial charge in [0.1, 0.15) is 0 Å². The third-order valence-corrected chi connectivity index (χ3v) is 3.47. The van der Waals surface area contributed by atoms with Crippen LogP contribution >= 0.6 is 23.8 Å². The maximum absolute atomic E-state index is 12.1. The predicted octanol–water partition coefficient (Wildman–Crippen LogP) is 3.29. The number of hydrogen-bond acceptors (Lipinski definition) is 2. The molecule has 3 N–H and O–H groups in total. The Bertz CT molecular complexity index is 462. The minimum atomic E-state index is -0.443. The molecule has 98 valence electrons. The van der Waals surface area contributed by atoms with Crippen molar-refractivity contribution in [3.8, 4) is 0 Å². The van der Waals surface area contributed by atoms with Crippen LogP contribution in [0.5, 0.6) is 0 Å². The maximum atomic E-state index is 12.1. The van der Waals surface area contributed by atoms with Crippen LogP contribution in [-0.2, 0) is 4.79 Å². The Hall–Kier alpha value is -1.13. The second kappa shape index (κ2) is 6.71. The third-order valence-electron chi connectivity index (χ3n) is 2.69. The van der Waals surface area contributed by atoms with E-state index in [0.717, 1.165) is 12.0 Å². The number of halogens is 1. The molecule has 5 heteroatoms. The number of anilines is 1. The largest absolute Gasteiger partial charge is 0.393 e. The van der Waals surface area contributed by atoms with Crippen molar-refractivity contribution < 1.29 is 4.79 Å². The number of nitrogens with two attached hydrogens (primary N) is 1. The van der Waals surface area contributed by atoms with Gasteiger partial charge in [-0.1, -0.05) is 49.3 Å². The smallest absolute Gasteiger partial charge is 0.234 e. The van der Waals surface area contributed by atoms with Crippen molar-refractivity contribution in [3.63, 3.8) is 0 Å². The summed E-state index contributed by atoms with van der Waals surface area (Å²) in [5.74, 6) is -0.640. The highest BCUT2D eigenvalue weighted by Gasteiger charge is 2.21. The van der Waals surface area contributed by atoms with Gasteiger partial charge in [-0.3, -0.25) is 4.79 Å². The van der Waals surface area contributed by atoms with Crippen molar-refractivity contribution in [1.82, 2.24) is 0 Å². The van der Waals surface area contributed by atoms with E-state index >= 15 is 0 Å². The number of benzene rings is 1. The van der Waals surface area contributed by atoms with Gasteiger partial charge in [-0.05, 0) is 25.0 Å². The average molecular weight is 285 g/mol. The van der Waals surface area contributed by atoms with Crippen molar-refractivity contribution >= 4 is 40.4 Å². The van der Waals surface area contributed by atoms with Crippen molar-refractivity contribution in [2.45, 2.75) is 26.7 Å². The van der Waals surface area contributed by atoms with E-state index < -0.39 is 5.92 Å². The van der Waals surface area contributed by atoms with Crippen molar-refractivity contribution in [2.24, 2.45) is 11.7 Å². The number of amides is 1. The minimum Gasteiger partial charge on any atom is -0.393 e. The Morgan fingerprint density at radius 2 is 2.22 bits per heavy atom. The van der Waals surface area contributed by atoms with E-state index in [4.69, 9.17) is 29.6 Å². The standard InChI is InChI=1S/C13H17ClN2OS/c1-3-5-9(12(15)18)13(17)16-10-7-4-6-8(2)11(10)14/h4,6-7,9H,3,5H2,1-2H3,(H2,15,18)(H,16,17). The molecule has 1 amide bonds. The fourth-order valence-electron chi connectivity index (χ4n) is 1.66. The molecule has 0 aromatic heterocycles. The molecular formula is C13H17ClN2OS. The van der Waals surface area contributed by atoms with Gasteiger partial charge in [0.2, 0.25) is 5.91 Å². The normalized spacial score (nSPS) is 11.9. The molecular weight excluding hydrogens is 268 g/mol. The van der Waals surface area contributed by atoms with Crippen LogP contribution in [0.1, 0.15) is 25.3 Å². The molecule has 0 aliphatic carbocycles. The summed E-state index contributed by atoms with van der Waals surface area (Å²) in [6.45, 7) is 3.87. The van der Waals surface area contributed by atoms with Crippen LogP contribution in [0.3, 0.4) is 0 Å². The van der Waals surface area contributed by atoms with Gasteiger partial charge in [0.05, 0.1) is 21.6 Å². The summed E-state index contributed by atoms with van der Waals surface area (Å²) in [7, 11) is 0. The molecule has 0 aliphatic rings. The number of nitrogens with one attached hydrogen (secondary N) is 1. The van der Waals surface area contributed by atoms with E-state index in [1.165, 1.54) is 0 Å². The number of thiocarbonyl (C=S) groups is 1. The Balaban J connectivity index is 2.86. The zero-order chi connectivity index (χ0) is 13.7. The zero-order valence-electron chi connectivity index (χ0n) is 10.5. The van der Waals surface area contributed by atoms with Gasteiger partial charge in [0, 0.05) is 0 Å². The number of carbonyl (C=O) groups excluding carboxylic acids is 1. The lowest BCUT2D eigenvalue weighted by Gasteiger charge is -2.15. The first-order chi connectivity index (χ1) is 8.47. The molecule has 1 unspecified atom stereocenters. The molecule has 0 radical (unpaired) electrons. The summed E-state index contributed by atoms with van der Waals surface area (Å²) in [6, 6.07) is 5.48. The van der Waals surface area contributed by atoms with E-state index in [9.17, 15) is 4.79 Å². The summed E-state index contributed by atoms with van der Waals surface area (Å²) >= 11 is 11.0. The molecule has 0 fully saturated rings. The molecule has 1 aromatic rings. The maximum Gasteiger partial charge on any atom is 0.234 e. The fraction of sp³-hybridized carbons (Fsp3) is 0.385. The van der Waals surface area contributed by atoms with Crippen molar-refractivity contribution in [2.75, 3.05) is 5.32 Å². The Labute approximate surface area is 118 Å². The summed E-state index contributed by atoms with van der Waals surface area (Å²) in [4.78, 5) is 12.3. The fourth-order valence-corrected chi connectivity index (χ4v) is 2.05. The summed E-state index contributed by atoms with van der Waals surface area (Å²) < 4.78 is 0. The molecule has 1 aromatic carbocycles. The lowest BCUT2D eigenvalue weighted by Crippen LogP contribution is -2.33. The molecule has 1 rings (SSSR count). The van der Waals surface area contributed by atoms with E-state index in [1.54, 1.807) is 6.07 Å². The van der Waals surface area contributed by atoms with Crippen LogP contribution in [0.15, 0.2) is 18.2 Å². The molecule has 18 heavy (non-hydrogen) atoms. The molecule has 0 heterocycles. The van der Waals surface area contributed by atoms with Crippen LogP contribution < -0.4 is 11.1 Å². The lowest BCUT2D eigenvalue weighted by atomic mass is 10.0. The van der Waals surface area contributed by atoms with Crippen LogP contribution in [0, 0.1) is 12.8 Å². The van der Waals surface area contributed by atoms with Crippen LogP contribution in [0.2, 0.25) is 5.02 Å². The number of carbonyl (C=O) groups is 1. The quantitative estimate of drug-likeness (QED) is 0.816. The number of aryl methyl sites for hydroxylation is 1. The average Bonchev–Trinajstić information content (AvgIpc) is 2.31. The highest BCUT2D eigenvalue weighted by molar-refractivity contribution is 7.80. The van der Waals surface area contributed by atoms with Gasteiger partial charge >= 0.3 is 0 Å². The van der Waals surface area contributed by atoms with E-state index in [2.05, 4.69) is 5.32 Å². The second-order valence-electron chi connectivity index (χ2n) is 4.17. The highest BCUT2D eigenvalue weighted by atomic mass is 35.5. The first-order valence-electron chi connectivity index (χ1n) is 5.82. The number of hydrogen-bond donors (Lipinski definition) is 2. The summed E-state index contributed by atoms with van der Waals surface area (Å²) in [5.41, 5.74) is 7.09. The van der Waals surface area contributed by atoms with Gasteiger partial charge in [-0.25, -0.2) is 0 Å². The van der Waals surface area contributed by atoms with Gasteiger partial charge in [0.25, 0.3) is 0 Å². The van der Waals surface area contributed by atoms with Gasteiger partial charge < -0.3 is 11.1 Å². The van der Waals surface area contributed by atoms with E-state index in [0.29, 0.717) is 17.1 Å². The number of rotatable bonds is 5. The highest BCUT2D eigenvalue weighted by Crippen LogP contribution is 2.25. The lowest BCUT2D eigenvalue weighted by molar-refractivity contribution is -0.118. The second-order valence-corrected chi connectivity index (χ2v) is 5.02. The first-order valence-corrected chi connectivity index (χ1v) is 6.61. The monoisotopic (exact) mass is 284 g/mol. The molecule has 0 saturated carbocycles. The van der Waals surface area contributed by atoms with Gasteiger partial charge in [-0.2, -0.15) is 0 Å². The Kier molecular flexibility index (Phi) is 5.56. The molecule has 1 atom stereocenters. The molecule has 0 aliphatic heterocycles. The predicted molar refractivity (Wildman–Crippen MR) is 80.0 cm³/mol. The molecule has 0 saturated heterocycles. The van der Waals surface area contributed by atoms with Gasteiger partial charge in [0.15, 0.2) is 0 Å². The van der Waals surface area contributed by atoms with Crippen molar-refractivity contribution in [3.05, 3.63) is 28.8 Å². The van der Waals surface area contributed by atoms with E-state index in [1.807, 2.05) is 26.0 Å². The molecule has 0 bridgehead atoms. The molecule has 3 nitrogen and oxygen atoms in total. The summed E-state index contributed by atoms with van der Waals surface area (Å²) in [6.07, 6.45) is 1.49. The van der Waals surface area contributed by atoms with E-state index in [-0.39, 0.29) is 10.9 Å².